The number of nitrogens with zero attached hydrogens (tertiary/aromatic N) is 3. The maximum absolute atomic E-state index is 11.8. The van der Waals surface area contributed by atoms with Crippen molar-refractivity contribution in [2.75, 3.05) is 14.2 Å². The Labute approximate surface area is 105 Å². The lowest BCUT2D eigenvalue weighted by atomic mass is 10.1. The molecule has 2 aromatic rings. The van der Waals surface area contributed by atoms with E-state index in [4.69, 9.17) is 4.84 Å². The molecule has 0 spiro atoms. The fourth-order valence-corrected chi connectivity index (χ4v) is 1.47. The number of hydrogen-bond donors (Lipinski definition) is 0. The molecule has 0 bridgehead atoms. The number of carbonyl (C=O) groups is 1. The van der Waals surface area contributed by atoms with Crippen LogP contribution in [0, 0.1) is 0 Å². The van der Waals surface area contributed by atoms with E-state index in [1.165, 1.54) is 12.2 Å². The molecular weight excluding hydrogens is 230 g/mol. The van der Waals surface area contributed by atoms with E-state index >= 15 is 0 Å². The second kappa shape index (κ2) is 5.37. The van der Waals surface area contributed by atoms with Gasteiger partial charge in [-0.15, -0.1) is 0 Å². The van der Waals surface area contributed by atoms with Crippen LogP contribution in [0.5, 0.6) is 0 Å². The van der Waals surface area contributed by atoms with E-state index in [1.807, 2.05) is 12.1 Å². The molecule has 92 valence electrons. The zero-order valence-corrected chi connectivity index (χ0v) is 10.2. The molecule has 1 aromatic carbocycles. The van der Waals surface area contributed by atoms with Gasteiger partial charge in [-0.2, -0.15) is 0 Å². The van der Waals surface area contributed by atoms with Crippen LogP contribution in [0.3, 0.4) is 0 Å². The Bertz CT molecular complexity index is 526. The smallest absolute Gasteiger partial charge is 0.274 e. The molecule has 0 aliphatic rings. The summed E-state index contributed by atoms with van der Waals surface area (Å²) in [6, 6.07) is 8.83. The van der Waals surface area contributed by atoms with Crippen molar-refractivity contribution in [2.45, 2.75) is 0 Å². The van der Waals surface area contributed by atoms with E-state index in [1.54, 1.807) is 37.6 Å². The van der Waals surface area contributed by atoms with Crippen molar-refractivity contribution in [1.29, 1.82) is 0 Å². The molecule has 0 N–H and O–H groups in total. The molecule has 0 fully saturated rings. The number of aromatic nitrogens is 2. The normalized spacial score (nSPS) is 10.1. The van der Waals surface area contributed by atoms with Gasteiger partial charge in [-0.1, -0.05) is 12.1 Å². The largest absolute Gasteiger partial charge is 0.277 e. The van der Waals surface area contributed by atoms with E-state index < -0.39 is 0 Å². The van der Waals surface area contributed by atoms with Gasteiger partial charge >= 0.3 is 0 Å². The van der Waals surface area contributed by atoms with Gasteiger partial charge in [0.2, 0.25) is 0 Å². The van der Waals surface area contributed by atoms with Crippen molar-refractivity contribution in [3.05, 3.63) is 48.3 Å². The van der Waals surface area contributed by atoms with Gasteiger partial charge in [0.1, 0.15) is 0 Å². The fourth-order valence-electron chi connectivity index (χ4n) is 1.47. The standard InChI is InChI=1S/C13H13N3O2/c1-16(18-2)13(17)11-6-4-10(5-7-11)12-14-8-3-9-15-12/h3-9H,1-2H3. The Hall–Kier alpha value is -2.27. The van der Waals surface area contributed by atoms with Gasteiger partial charge in [0, 0.05) is 30.6 Å². The second-order valence-corrected chi connectivity index (χ2v) is 3.63. The lowest BCUT2D eigenvalue weighted by Gasteiger charge is -2.13. The predicted molar refractivity (Wildman–Crippen MR) is 66.6 cm³/mol. The number of amides is 1. The molecule has 1 heterocycles. The third kappa shape index (κ3) is 2.52. The molecule has 2 rings (SSSR count). The predicted octanol–water partition coefficient (Wildman–Crippen LogP) is 1.78. The summed E-state index contributed by atoms with van der Waals surface area (Å²) in [6.45, 7) is 0. The molecule has 1 amide bonds. The zero-order valence-electron chi connectivity index (χ0n) is 10.2. The summed E-state index contributed by atoms with van der Waals surface area (Å²) >= 11 is 0. The summed E-state index contributed by atoms with van der Waals surface area (Å²) in [7, 11) is 3.01. The average Bonchev–Trinajstić information content (AvgIpc) is 2.47. The topological polar surface area (TPSA) is 55.3 Å². The van der Waals surface area contributed by atoms with Crippen molar-refractivity contribution >= 4 is 5.91 Å². The van der Waals surface area contributed by atoms with Gasteiger partial charge in [-0.05, 0) is 18.2 Å². The molecule has 0 saturated carbocycles. The SMILES string of the molecule is CON(C)C(=O)c1ccc(-c2ncccn2)cc1. The quantitative estimate of drug-likeness (QED) is 0.771. The van der Waals surface area contributed by atoms with Crippen LogP contribution in [-0.4, -0.2) is 35.1 Å². The van der Waals surface area contributed by atoms with Crippen molar-refractivity contribution in [1.82, 2.24) is 15.0 Å². The Morgan fingerprint density at radius 1 is 1.17 bits per heavy atom. The third-order valence-corrected chi connectivity index (χ3v) is 2.52. The third-order valence-electron chi connectivity index (χ3n) is 2.52. The van der Waals surface area contributed by atoms with Crippen LogP contribution in [0.25, 0.3) is 11.4 Å². The van der Waals surface area contributed by atoms with Crippen LogP contribution >= 0.6 is 0 Å². The molecule has 5 heteroatoms. The minimum Gasteiger partial charge on any atom is -0.274 e. The summed E-state index contributed by atoms with van der Waals surface area (Å²) in [5.74, 6) is 0.439. The van der Waals surface area contributed by atoms with Gasteiger partial charge in [0.15, 0.2) is 5.82 Å². The number of hydroxylamine groups is 2. The van der Waals surface area contributed by atoms with Crippen molar-refractivity contribution in [2.24, 2.45) is 0 Å². The van der Waals surface area contributed by atoms with E-state index in [0.717, 1.165) is 5.56 Å². The molecule has 0 aliphatic carbocycles. The zero-order chi connectivity index (χ0) is 13.0. The van der Waals surface area contributed by atoms with Crippen LogP contribution in [-0.2, 0) is 4.84 Å². The van der Waals surface area contributed by atoms with Crippen molar-refractivity contribution < 1.29 is 9.63 Å². The second-order valence-electron chi connectivity index (χ2n) is 3.63. The molecule has 0 saturated heterocycles. The first kappa shape index (κ1) is 12.2. The average molecular weight is 243 g/mol. The summed E-state index contributed by atoms with van der Waals surface area (Å²) in [5.41, 5.74) is 1.42. The minimum absolute atomic E-state index is 0.196. The van der Waals surface area contributed by atoms with Crippen LogP contribution < -0.4 is 0 Å². The van der Waals surface area contributed by atoms with Crippen molar-refractivity contribution in [3.63, 3.8) is 0 Å². The number of carbonyl (C=O) groups excluding carboxylic acids is 1. The maximum atomic E-state index is 11.8. The molecule has 0 radical (unpaired) electrons. The van der Waals surface area contributed by atoms with E-state index in [-0.39, 0.29) is 5.91 Å². The number of hydrogen-bond acceptors (Lipinski definition) is 4. The molecular formula is C13H13N3O2. The first-order chi connectivity index (χ1) is 8.72. The minimum atomic E-state index is -0.196. The lowest BCUT2D eigenvalue weighted by molar-refractivity contribution is -0.0756. The summed E-state index contributed by atoms with van der Waals surface area (Å²) in [6.07, 6.45) is 3.36. The fraction of sp³-hybridized carbons (Fsp3) is 0.154. The number of rotatable bonds is 3. The monoisotopic (exact) mass is 243 g/mol. The highest BCUT2D eigenvalue weighted by molar-refractivity contribution is 5.93. The van der Waals surface area contributed by atoms with Gasteiger partial charge < -0.3 is 0 Å². The van der Waals surface area contributed by atoms with Gasteiger partial charge in [-0.3, -0.25) is 9.63 Å². The van der Waals surface area contributed by atoms with E-state index in [0.29, 0.717) is 11.4 Å². The highest BCUT2D eigenvalue weighted by Crippen LogP contribution is 2.15. The Kier molecular flexibility index (Phi) is 3.64. The Morgan fingerprint density at radius 3 is 2.33 bits per heavy atom. The van der Waals surface area contributed by atoms with Gasteiger partial charge in [-0.25, -0.2) is 15.0 Å². The molecule has 0 aliphatic heterocycles. The van der Waals surface area contributed by atoms with Crippen LogP contribution in [0.15, 0.2) is 42.7 Å². The first-order valence-electron chi connectivity index (χ1n) is 5.42. The summed E-state index contributed by atoms with van der Waals surface area (Å²) in [4.78, 5) is 24.9. The molecule has 1 aromatic heterocycles. The lowest BCUT2D eigenvalue weighted by Crippen LogP contribution is -2.25. The first-order valence-corrected chi connectivity index (χ1v) is 5.42. The van der Waals surface area contributed by atoms with Gasteiger partial charge in [0.05, 0.1) is 7.11 Å². The highest BCUT2D eigenvalue weighted by atomic mass is 16.7. The Balaban J connectivity index is 2.23. The highest BCUT2D eigenvalue weighted by Gasteiger charge is 2.11. The van der Waals surface area contributed by atoms with Crippen molar-refractivity contribution in [3.8, 4) is 11.4 Å². The summed E-state index contributed by atoms with van der Waals surface area (Å²) < 4.78 is 0. The maximum Gasteiger partial charge on any atom is 0.277 e. The molecule has 0 unspecified atom stereocenters. The van der Waals surface area contributed by atoms with Gasteiger partial charge in [0.25, 0.3) is 5.91 Å². The number of benzene rings is 1. The Morgan fingerprint density at radius 2 is 1.78 bits per heavy atom. The molecule has 18 heavy (non-hydrogen) atoms. The van der Waals surface area contributed by atoms with E-state index in [9.17, 15) is 4.79 Å². The molecule has 5 nitrogen and oxygen atoms in total. The molecule has 0 atom stereocenters. The van der Waals surface area contributed by atoms with Crippen LogP contribution in [0.4, 0.5) is 0 Å². The summed E-state index contributed by atoms with van der Waals surface area (Å²) in [5, 5.41) is 1.17. The van der Waals surface area contributed by atoms with Crippen LogP contribution in [0.1, 0.15) is 10.4 Å². The van der Waals surface area contributed by atoms with E-state index in [2.05, 4.69) is 9.97 Å². The van der Waals surface area contributed by atoms with Crippen LogP contribution in [0.2, 0.25) is 0 Å².